The summed E-state index contributed by atoms with van der Waals surface area (Å²) in [5.41, 5.74) is 0. The van der Waals surface area contributed by atoms with Gasteiger partial charge in [0, 0.05) is 18.6 Å². The van der Waals surface area contributed by atoms with Crippen LogP contribution in [0, 0.1) is 0 Å². The van der Waals surface area contributed by atoms with E-state index in [4.69, 9.17) is 0 Å². The van der Waals surface area contributed by atoms with Crippen LogP contribution in [0.5, 0.6) is 0 Å². The fourth-order valence-corrected chi connectivity index (χ4v) is 1.66. The summed E-state index contributed by atoms with van der Waals surface area (Å²) in [5, 5.41) is 3.38. The molecule has 0 amide bonds. The maximum absolute atomic E-state index is 3.38. The Kier molecular flexibility index (Phi) is 6.39. The Labute approximate surface area is 77.3 Å². The molecule has 0 radical (unpaired) electrons. The lowest BCUT2D eigenvalue weighted by molar-refractivity contribution is 0.171. The minimum Gasteiger partial charge on any atom is -0.315 e. The molecule has 0 aromatic heterocycles. The van der Waals surface area contributed by atoms with E-state index in [9.17, 15) is 0 Å². The molecule has 12 heavy (non-hydrogen) atoms. The number of nitrogens with zero attached hydrogens (tertiary/aromatic N) is 1. The van der Waals surface area contributed by atoms with Gasteiger partial charge >= 0.3 is 0 Å². The minimum absolute atomic E-state index is 0.648. The molecule has 0 spiro atoms. The van der Waals surface area contributed by atoms with Crippen LogP contribution in [0.1, 0.15) is 34.6 Å². The molecule has 0 aliphatic carbocycles. The van der Waals surface area contributed by atoms with Crippen molar-refractivity contribution < 1.29 is 0 Å². The Bertz CT molecular complexity index is 102. The molecule has 1 atom stereocenters. The van der Waals surface area contributed by atoms with Crippen molar-refractivity contribution >= 4 is 0 Å². The summed E-state index contributed by atoms with van der Waals surface area (Å²) >= 11 is 0. The van der Waals surface area contributed by atoms with E-state index in [0.717, 1.165) is 19.6 Å². The van der Waals surface area contributed by atoms with E-state index in [0.29, 0.717) is 12.1 Å². The van der Waals surface area contributed by atoms with E-state index in [1.54, 1.807) is 0 Å². The average Bonchev–Trinajstić information content (AvgIpc) is 2.01. The lowest BCUT2D eigenvalue weighted by atomic mass is 10.2. The van der Waals surface area contributed by atoms with Gasteiger partial charge in [0.2, 0.25) is 0 Å². The Morgan fingerprint density at radius 2 is 1.75 bits per heavy atom. The van der Waals surface area contributed by atoms with Gasteiger partial charge in [0.05, 0.1) is 0 Å². The van der Waals surface area contributed by atoms with Gasteiger partial charge in [-0.25, -0.2) is 0 Å². The molecule has 0 saturated carbocycles. The summed E-state index contributed by atoms with van der Waals surface area (Å²) in [7, 11) is 0. The zero-order valence-electron chi connectivity index (χ0n) is 9.22. The first kappa shape index (κ1) is 11.9. The zero-order chi connectivity index (χ0) is 9.56. The summed E-state index contributed by atoms with van der Waals surface area (Å²) in [6.07, 6.45) is 0. The lowest BCUT2D eigenvalue weighted by Crippen LogP contribution is -2.44. The van der Waals surface area contributed by atoms with E-state index < -0.39 is 0 Å². The first-order valence-electron chi connectivity index (χ1n) is 5.09. The predicted molar refractivity (Wildman–Crippen MR) is 55.5 cm³/mol. The van der Waals surface area contributed by atoms with Crippen molar-refractivity contribution in [2.24, 2.45) is 0 Å². The topological polar surface area (TPSA) is 15.3 Å². The van der Waals surface area contributed by atoms with Crippen LogP contribution < -0.4 is 5.32 Å². The van der Waals surface area contributed by atoms with Crippen LogP contribution in [-0.4, -0.2) is 36.6 Å². The molecule has 0 rings (SSSR count). The Morgan fingerprint density at radius 1 is 1.17 bits per heavy atom. The third-order valence-electron chi connectivity index (χ3n) is 2.28. The molecule has 74 valence electrons. The monoisotopic (exact) mass is 172 g/mol. The van der Waals surface area contributed by atoms with Crippen LogP contribution in [0.2, 0.25) is 0 Å². The number of likely N-dealkylation sites (N-methyl/N-ethyl adjacent to an activating group) is 2. The highest BCUT2D eigenvalue weighted by Crippen LogP contribution is 2.03. The van der Waals surface area contributed by atoms with Crippen LogP contribution in [0.3, 0.4) is 0 Å². The highest BCUT2D eigenvalue weighted by atomic mass is 15.2. The fraction of sp³-hybridized carbons (Fsp3) is 1.00. The molecule has 0 aromatic carbocycles. The van der Waals surface area contributed by atoms with Gasteiger partial charge in [0.25, 0.3) is 0 Å². The minimum atomic E-state index is 0.648. The predicted octanol–water partition coefficient (Wildman–Crippen LogP) is 1.71. The Morgan fingerprint density at radius 3 is 2.08 bits per heavy atom. The van der Waals surface area contributed by atoms with Crippen LogP contribution in [0.4, 0.5) is 0 Å². The second kappa shape index (κ2) is 6.44. The van der Waals surface area contributed by atoms with E-state index >= 15 is 0 Å². The summed E-state index contributed by atoms with van der Waals surface area (Å²) in [5.74, 6) is 0. The van der Waals surface area contributed by atoms with Crippen molar-refractivity contribution in [1.29, 1.82) is 0 Å². The standard InChI is InChI=1S/C10H24N2/c1-6-11-8-10(5)12(7-2)9(3)4/h9-11H,6-8H2,1-5H3. The first-order valence-corrected chi connectivity index (χ1v) is 5.09. The molecule has 0 aliphatic heterocycles. The lowest BCUT2D eigenvalue weighted by Gasteiger charge is -2.31. The highest BCUT2D eigenvalue weighted by Gasteiger charge is 2.13. The fourth-order valence-electron chi connectivity index (χ4n) is 1.66. The molecule has 0 saturated heterocycles. The second-order valence-corrected chi connectivity index (χ2v) is 3.58. The summed E-state index contributed by atoms with van der Waals surface area (Å²) in [6.45, 7) is 14.5. The maximum Gasteiger partial charge on any atom is 0.0194 e. The highest BCUT2D eigenvalue weighted by molar-refractivity contribution is 4.71. The molecule has 1 N–H and O–H groups in total. The molecule has 2 heteroatoms. The molecule has 1 unspecified atom stereocenters. The van der Waals surface area contributed by atoms with Gasteiger partial charge in [0.1, 0.15) is 0 Å². The normalized spacial score (nSPS) is 14.2. The molecule has 2 nitrogen and oxygen atoms in total. The van der Waals surface area contributed by atoms with E-state index in [-0.39, 0.29) is 0 Å². The van der Waals surface area contributed by atoms with Crippen LogP contribution in [0.25, 0.3) is 0 Å². The van der Waals surface area contributed by atoms with Crippen molar-refractivity contribution in [2.45, 2.75) is 46.7 Å². The largest absolute Gasteiger partial charge is 0.315 e. The zero-order valence-corrected chi connectivity index (χ0v) is 9.22. The maximum atomic E-state index is 3.38. The number of nitrogens with one attached hydrogen (secondary N) is 1. The molecule has 0 aromatic rings. The quantitative estimate of drug-likeness (QED) is 0.656. The summed E-state index contributed by atoms with van der Waals surface area (Å²) in [4.78, 5) is 2.50. The van der Waals surface area contributed by atoms with Gasteiger partial charge in [-0.2, -0.15) is 0 Å². The van der Waals surface area contributed by atoms with Crippen molar-refractivity contribution in [2.75, 3.05) is 19.6 Å². The second-order valence-electron chi connectivity index (χ2n) is 3.58. The number of rotatable bonds is 6. The molecular formula is C10H24N2. The average molecular weight is 172 g/mol. The van der Waals surface area contributed by atoms with Gasteiger partial charge in [-0.1, -0.05) is 13.8 Å². The van der Waals surface area contributed by atoms with Crippen molar-refractivity contribution in [3.05, 3.63) is 0 Å². The van der Waals surface area contributed by atoms with Crippen LogP contribution >= 0.6 is 0 Å². The first-order chi connectivity index (χ1) is 5.63. The summed E-state index contributed by atoms with van der Waals surface area (Å²) < 4.78 is 0. The van der Waals surface area contributed by atoms with E-state index in [1.807, 2.05) is 0 Å². The van der Waals surface area contributed by atoms with E-state index in [1.165, 1.54) is 0 Å². The molecule has 0 aliphatic rings. The molecule has 0 fully saturated rings. The van der Waals surface area contributed by atoms with Gasteiger partial charge in [0.15, 0.2) is 0 Å². The van der Waals surface area contributed by atoms with Gasteiger partial charge in [-0.15, -0.1) is 0 Å². The van der Waals surface area contributed by atoms with Crippen molar-refractivity contribution in [3.63, 3.8) is 0 Å². The third kappa shape index (κ3) is 4.07. The summed E-state index contributed by atoms with van der Waals surface area (Å²) in [6, 6.07) is 1.30. The van der Waals surface area contributed by atoms with Crippen LogP contribution in [-0.2, 0) is 0 Å². The van der Waals surface area contributed by atoms with Crippen molar-refractivity contribution in [3.8, 4) is 0 Å². The molecular weight excluding hydrogens is 148 g/mol. The van der Waals surface area contributed by atoms with Gasteiger partial charge in [-0.3, -0.25) is 4.90 Å². The van der Waals surface area contributed by atoms with Crippen LogP contribution in [0.15, 0.2) is 0 Å². The smallest absolute Gasteiger partial charge is 0.0194 e. The Balaban J connectivity index is 3.77. The van der Waals surface area contributed by atoms with Crippen molar-refractivity contribution in [1.82, 2.24) is 10.2 Å². The SMILES string of the molecule is CCNCC(C)N(CC)C(C)C. The van der Waals surface area contributed by atoms with Gasteiger partial charge < -0.3 is 5.32 Å². The molecule has 0 heterocycles. The Hall–Kier alpha value is -0.0800. The third-order valence-corrected chi connectivity index (χ3v) is 2.28. The van der Waals surface area contributed by atoms with E-state index in [2.05, 4.69) is 44.8 Å². The number of hydrogen-bond acceptors (Lipinski definition) is 2. The van der Waals surface area contributed by atoms with Gasteiger partial charge in [-0.05, 0) is 33.9 Å². The number of hydrogen-bond donors (Lipinski definition) is 1. The molecule has 0 bridgehead atoms.